The van der Waals surface area contributed by atoms with Gasteiger partial charge in [-0.05, 0) is 68.0 Å². The van der Waals surface area contributed by atoms with E-state index in [0.717, 1.165) is 36.3 Å². The minimum absolute atomic E-state index is 0.0927. The summed E-state index contributed by atoms with van der Waals surface area (Å²) >= 11 is 6.60. The number of nitrogens with zero attached hydrogens (tertiary/aromatic N) is 2. The molecule has 0 aromatic heterocycles. The van der Waals surface area contributed by atoms with Crippen LogP contribution in [0.1, 0.15) is 63.1 Å². The Morgan fingerprint density at radius 2 is 2.13 bits per heavy atom. The molecule has 2 aromatic carbocycles. The van der Waals surface area contributed by atoms with Crippen LogP contribution in [0.3, 0.4) is 0 Å². The van der Waals surface area contributed by atoms with E-state index in [1.54, 1.807) is 13.3 Å². The summed E-state index contributed by atoms with van der Waals surface area (Å²) in [5, 5.41) is 4.78. The van der Waals surface area contributed by atoms with Gasteiger partial charge in [0.15, 0.2) is 0 Å². The summed E-state index contributed by atoms with van der Waals surface area (Å²) in [4.78, 5) is 14.7. The molecule has 1 aliphatic rings. The van der Waals surface area contributed by atoms with Gasteiger partial charge in [-0.2, -0.15) is 5.10 Å². The standard InChI is InChI=1S/C25H32ClN3O2/c1-6-10-29-23-14-22(26)19(13-21(23)17(2)15-25(29,3)4)16-27-28-24(30)12-18-8-7-9-20(11-18)31-5/h7-9,11,13-14,16-17H,6,10,12,15H2,1-5H3,(H,28,30)/b27-16+. The molecule has 0 saturated carbocycles. The van der Waals surface area contributed by atoms with Gasteiger partial charge >= 0.3 is 0 Å². The molecule has 1 N–H and O–H groups in total. The lowest BCUT2D eigenvalue weighted by atomic mass is 9.79. The van der Waals surface area contributed by atoms with E-state index in [1.807, 2.05) is 30.3 Å². The Kier molecular flexibility index (Phi) is 7.26. The van der Waals surface area contributed by atoms with E-state index in [9.17, 15) is 4.79 Å². The van der Waals surface area contributed by atoms with E-state index in [-0.39, 0.29) is 17.9 Å². The van der Waals surface area contributed by atoms with Crippen LogP contribution < -0.4 is 15.1 Å². The third-order valence-corrected chi connectivity index (χ3v) is 6.17. The van der Waals surface area contributed by atoms with Gasteiger partial charge in [-0.15, -0.1) is 0 Å². The Labute approximate surface area is 190 Å². The molecule has 6 heteroatoms. The average Bonchev–Trinajstić information content (AvgIpc) is 2.71. The molecule has 0 radical (unpaired) electrons. The van der Waals surface area contributed by atoms with E-state index in [2.05, 4.69) is 49.2 Å². The second-order valence-electron chi connectivity index (χ2n) is 8.82. The van der Waals surface area contributed by atoms with Crippen LogP contribution in [-0.4, -0.2) is 31.3 Å². The van der Waals surface area contributed by atoms with Crippen LogP contribution in [-0.2, 0) is 11.2 Å². The van der Waals surface area contributed by atoms with Gasteiger partial charge in [0.2, 0.25) is 5.91 Å². The van der Waals surface area contributed by atoms with Gasteiger partial charge in [-0.1, -0.05) is 37.6 Å². The lowest BCUT2D eigenvalue weighted by Crippen LogP contribution is -2.48. The molecule has 0 spiro atoms. The van der Waals surface area contributed by atoms with Crippen molar-refractivity contribution in [3.05, 3.63) is 58.1 Å². The van der Waals surface area contributed by atoms with Gasteiger partial charge in [0.1, 0.15) is 5.75 Å². The number of halogens is 1. The summed E-state index contributed by atoms with van der Waals surface area (Å²) in [7, 11) is 1.61. The summed E-state index contributed by atoms with van der Waals surface area (Å²) in [5.41, 5.74) is 6.85. The molecule has 1 heterocycles. The predicted molar refractivity (Wildman–Crippen MR) is 129 cm³/mol. The van der Waals surface area contributed by atoms with Crippen molar-refractivity contribution >= 4 is 29.4 Å². The van der Waals surface area contributed by atoms with E-state index < -0.39 is 0 Å². The maximum absolute atomic E-state index is 12.3. The molecule has 31 heavy (non-hydrogen) atoms. The van der Waals surface area contributed by atoms with Gasteiger partial charge < -0.3 is 9.64 Å². The number of nitrogens with one attached hydrogen (secondary N) is 1. The number of ether oxygens (including phenoxy) is 1. The first-order chi connectivity index (χ1) is 14.7. The SMILES string of the molecule is CCCN1c2cc(Cl)c(/C=N/NC(=O)Cc3cccc(OC)c3)cc2C(C)CC1(C)C. The number of rotatable bonds is 7. The third kappa shape index (κ3) is 5.40. The summed E-state index contributed by atoms with van der Waals surface area (Å²) in [6.07, 6.45) is 4.01. The number of methoxy groups -OCH3 is 1. The molecule has 0 aliphatic carbocycles. The molecule has 0 bridgehead atoms. The second kappa shape index (κ2) is 9.73. The summed E-state index contributed by atoms with van der Waals surface area (Å²) < 4.78 is 5.20. The van der Waals surface area contributed by atoms with E-state index in [1.165, 1.54) is 11.3 Å². The summed E-state index contributed by atoms with van der Waals surface area (Å²) in [6.45, 7) is 10.0. The van der Waals surface area contributed by atoms with E-state index >= 15 is 0 Å². The fourth-order valence-electron chi connectivity index (χ4n) is 4.45. The number of amides is 1. The van der Waals surface area contributed by atoms with Gasteiger partial charge in [-0.3, -0.25) is 4.79 Å². The van der Waals surface area contributed by atoms with Crippen LogP contribution in [0.15, 0.2) is 41.5 Å². The number of hydrogen-bond acceptors (Lipinski definition) is 4. The number of hydrogen-bond donors (Lipinski definition) is 1. The monoisotopic (exact) mass is 441 g/mol. The lowest BCUT2D eigenvalue weighted by Gasteiger charge is -2.47. The molecule has 2 aromatic rings. The van der Waals surface area contributed by atoms with Crippen molar-refractivity contribution in [2.45, 2.75) is 58.4 Å². The summed E-state index contributed by atoms with van der Waals surface area (Å²) in [6, 6.07) is 11.6. The molecule has 1 atom stereocenters. The van der Waals surface area contributed by atoms with E-state index in [0.29, 0.717) is 10.9 Å². The molecule has 3 rings (SSSR count). The molecule has 1 aliphatic heterocycles. The first kappa shape index (κ1) is 23.1. The molecule has 1 unspecified atom stereocenters. The number of benzene rings is 2. The minimum atomic E-state index is -0.192. The Balaban J connectivity index is 1.74. The van der Waals surface area contributed by atoms with E-state index in [4.69, 9.17) is 16.3 Å². The fourth-order valence-corrected chi connectivity index (χ4v) is 4.65. The molecule has 166 valence electrons. The maximum Gasteiger partial charge on any atom is 0.244 e. The van der Waals surface area contributed by atoms with Crippen molar-refractivity contribution in [3.63, 3.8) is 0 Å². The predicted octanol–water partition coefficient (Wildman–Crippen LogP) is 5.54. The Bertz CT molecular complexity index is 971. The normalized spacial score (nSPS) is 17.5. The highest BCUT2D eigenvalue weighted by atomic mass is 35.5. The Morgan fingerprint density at radius 3 is 2.84 bits per heavy atom. The smallest absolute Gasteiger partial charge is 0.244 e. The van der Waals surface area contributed by atoms with Crippen molar-refractivity contribution in [2.24, 2.45) is 5.10 Å². The molecule has 0 saturated heterocycles. The average molecular weight is 442 g/mol. The van der Waals surface area contributed by atoms with Crippen LogP contribution in [0.5, 0.6) is 5.75 Å². The van der Waals surface area contributed by atoms with Crippen molar-refractivity contribution in [1.29, 1.82) is 0 Å². The van der Waals surface area contributed by atoms with Crippen LogP contribution in [0, 0.1) is 0 Å². The van der Waals surface area contributed by atoms with Crippen LogP contribution in [0.2, 0.25) is 5.02 Å². The minimum Gasteiger partial charge on any atom is -0.497 e. The zero-order chi connectivity index (χ0) is 22.6. The van der Waals surface area contributed by atoms with Crippen molar-refractivity contribution in [2.75, 3.05) is 18.6 Å². The first-order valence-corrected chi connectivity index (χ1v) is 11.2. The number of carbonyl (C=O) groups excluding carboxylic acids is 1. The topological polar surface area (TPSA) is 53.9 Å². The van der Waals surface area contributed by atoms with Crippen molar-refractivity contribution in [3.8, 4) is 5.75 Å². The quantitative estimate of drug-likeness (QED) is 0.453. The van der Waals surface area contributed by atoms with Crippen LogP contribution in [0.25, 0.3) is 0 Å². The first-order valence-electron chi connectivity index (χ1n) is 10.8. The van der Waals surface area contributed by atoms with Crippen molar-refractivity contribution < 1.29 is 9.53 Å². The Hall–Kier alpha value is -2.53. The van der Waals surface area contributed by atoms with Gasteiger partial charge in [0.25, 0.3) is 0 Å². The highest BCUT2D eigenvalue weighted by Gasteiger charge is 2.36. The van der Waals surface area contributed by atoms with Gasteiger partial charge in [0.05, 0.1) is 24.8 Å². The van der Waals surface area contributed by atoms with Crippen LogP contribution in [0.4, 0.5) is 5.69 Å². The third-order valence-electron chi connectivity index (χ3n) is 5.84. The summed E-state index contributed by atoms with van der Waals surface area (Å²) in [5.74, 6) is 0.956. The van der Waals surface area contributed by atoms with Gasteiger partial charge in [0, 0.05) is 23.3 Å². The second-order valence-corrected chi connectivity index (χ2v) is 9.23. The number of fused-ring (bicyclic) bond motifs is 1. The van der Waals surface area contributed by atoms with Crippen molar-refractivity contribution in [1.82, 2.24) is 5.43 Å². The zero-order valence-electron chi connectivity index (χ0n) is 19.0. The molecular weight excluding hydrogens is 410 g/mol. The number of hydrazone groups is 1. The number of carbonyl (C=O) groups is 1. The fraction of sp³-hybridized carbons (Fsp3) is 0.440. The Morgan fingerprint density at radius 1 is 1.35 bits per heavy atom. The lowest BCUT2D eigenvalue weighted by molar-refractivity contribution is -0.120. The van der Waals surface area contributed by atoms with Gasteiger partial charge in [-0.25, -0.2) is 5.43 Å². The molecular formula is C25H32ClN3O2. The highest BCUT2D eigenvalue weighted by molar-refractivity contribution is 6.33. The number of anilines is 1. The largest absolute Gasteiger partial charge is 0.497 e. The van der Waals surface area contributed by atoms with Crippen LogP contribution >= 0.6 is 11.6 Å². The molecule has 1 amide bonds. The zero-order valence-corrected chi connectivity index (χ0v) is 19.8. The molecule has 5 nitrogen and oxygen atoms in total. The molecule has 0 fully saturated rings. The maximum atomic E-state index is 12.3. The highest BCUT2D eigenvalue weighted by Crippen LogP contribution is 2.45.